The van der Waals surface area contributed by atoms with Crippen LogP contribution >= 0.6 is 11.3 Å². The van der Waals surface area contributed by atoms with Crippen LogP contribution in [0.25, 0.3) is 11.2 Å². The second-order valence-electron chi connectivity index (χ2n) is 4.58. The van der Waals surface area contributed by atoms with Crippen molar-refractivity contribution in [3.8, 4) is 0 Å². The quantitative estimate of drug-likeness (QED) is 0.795. The van der Waals surface area contributed by atoms with Crippen molar-refractivity contribution in [2.24, 2.45) is 0 Å². The predicted octanol–water partition coefficient (Wildman–Crippen LogP) is 2.33. The summed E-state index contributed by atoms with van der Waals surface area (Å²) >= 11 is 1.67. The van der Waals surface area contributed by atoms with Crippen LogP contribution in [-0.2, 0) is 13.0 Å². The van der Waals surface area contributed by atoms with Crippen LogP contribution in [0.1, 0.15) is 16.3 Å². The zero-order chi connectivity index (χ0) is 13.4. The lowest BCUT2D eigenvalue weighted by atomic mass is 10.3. The van der Waals surface area contributed by atoms with Crippen LogP contribution in [0.2, 0.25) is 0 Å². The van der Waals surface area contributed by atoms with E-state index in [4.69, 9.17) is 5.73 Å². The largest absolute Gasteiger partial charge is 0.369 e. The summed E-state index contributed by atoms with van der Waals surface area (Å²) in [6, 6.07) is 2.00. The van der Waals surface area contributed by atoms with E-state index in [2.05, 4.69) is 20.3 Å². The second-order valence-corrected chi connectivity index (χ2v) is 5.65. The van der Waals surface area contributed by atoms with Crippen molar-refractivity contribution in [1.82, 2.24) is 19.5 Å². The summed E-state index contributed by atoms with van der Waals surface area (Å²) in [7, 11) is 0. The highest BCUT2D eigenvalue weighted by Crippen LogP contribution is 2.18. The molecule has 2 N–H and O–H groups in total. The monoisotopic (exact) mass is 273 g/mol. The Morgan fingerprint density at radius 3 is 2.89 bits per heavy atom. The Bertz CT molecular complexity index is 728. The van der Waals surface area contributed by atoms with Crippen molar-refractivity contribution >= 4 is 28.4 Å². The number of nitrogen functional groups attached to an aromatic ring is 1. The Morgan fingerprint density at radius 2 is 2.16 bits per heavy atom. The van der Waals surface area contributed by atoms with Gasteiger partial charge < -0.3 is 5.73 Å². The Hall–Kier alpha value is -1.95. The predicted molar refractivity (Wildman–Crippen MR) is 77.2 cm³/mol. The number of hydrogen-bond acceptors (Lipinski definition) is 5. The number of thiazole rings is 1. The van der Waals surface area contributed by atoms with E-state index in [1.54, 1.807) is 11.3 Å². The lowest BCUT2D eigenvalue weighted by Crippen LogP contribution is -2.06. The molecule has 0 radical (unpaired) electrons. The fourth-order valence-electron chi connectivity index (χ4n) is 2.10. The van der Waals surface area contributed by atoms with Crippen molar-refractivity contribution in [3.05, 3.63) is 33.9 Å². The van der Waals surface area contributed by atoms with Crippen LogP contribution in [0.3, 0.4) is 0 Å². The Labute approximate surface area is 115 Å². The second kappa shape index (κ2) is 4.62. The van der Waals surface area contributed by atoms with Gasteiger partial charge in [-0.05, 0) is 25.5 Å². The molecule has 3 heterocycles. The number of nitrogens with zero attached hydrogens (tertiary/aromatic N) is 4. The van der Waals surface area contributed by atoms with Crippen molar-refractivity contribution in [2.45, 2.75) is 26.8 Å². The van der Waals surface area contributed by atoms with Crippen LogP contribution in [0.5, 0.6) is 0 Å². The van der Waals surface area contributed by atoms with Crippen molar-refractivity contribution in [3.63, 3.8) is 0 Å². The summed E-state index contributed by atoms with van der Waals surface area (Å²) in [4.78, 5) is 13.2. The Kier molecular flexibility index (Phi) is 2.94. The molecule has 0 amide bonds. The van der Waals surface area contributed by atoms with Crippen molar-refractivity contribution in [1.29, 1.82) is 0 Å². The molecule has 19 heavy (non-hydrogen) atoms. The fourth-order valence-corrected chi connectivity index (χ4v) is 2.75. The average Bonchev–Trinajstić information content (AvgIpc) is 2.89. The smallest absolute Gasteiger partial charge is 0.202 e. The Balaban J connectivity index is 1.90. The van der Waals surface area contributed by atoms with Gasteiger partial charge in [-0.3, -0.25) is 4.57 Å². The van der Waals surface area contributed by atoms with Gasteiger partial charge in [-0.2, -0.15) is 0 Å². The van der Waals surface area contributed by atoms with E-state index in [0.717, 1.165) is 40.4 Å². The number of hydrogen-bond donors (Lipinski definition) is 1. The highest BCUT2D eigenvalue weighted by atomic mass is 32.1. The number of pyridine rings is 1. The van der Waals surface area contributed by atoms with E-state index in [1.807, 2.05) is 30.7 Å². The average molecular weight is 273 g/mol. The van der Waals surface area contributed by atoms with Crippen LogP contribution < -0.4 is 5.73 Å². The molecule has 0 aromatic carbocycles. The SMILES string of the molecule is Cc1cnc2c(c1)nc(N)n2CCc1csc(C)n1. The maximum absolute atomic E-state index is 5.97. The van der Waals surface area contributed by atoms with Crippen LogP contribution in [0.4, 0.5) is 5.95 Å². The molecular weight excluding hydrogens is 258 g/mol. The molecule has 0 aliphatic heterocycles. The molecule has 0 fully saturated rings. The molecule has 3 rings (SSSR count). The Morgan fingerprint density at radius 1 is 1.32 bits per heavy atom. The number of nitrogens with two attached hydrogens (primary N) is 1. The third-order valence-corrected chi connectivity index (χ3v) is 3.83. The van der Waals surface area contributed by atoms with E-state index in [1.165, 1.54) is 0 Å². The van der Waals surface area contributed by atoms with E-state index >= 15 is 0 Å². The molecular formula is C13H15N5S. The normalized spacial score (nSPS) is 11.3. The van der Waals surface area contributed by atoms with E-state index in [9.17, 15) is 0 Å². The van der Waals surface area contributed by atoms with Crippen LogP contribution in [-0.4, -0.2) is 19.5 Å². The minimum Gasteiger partial charge on any atom is -0.369 e. The molecule has 0 unspecified atom stereocenters. The standard InChI is InChI=1S/C13H15N5S/c1-8-5-11-12(15-6-8)18(13(14)17-11)4-3-10-7-19-9(2)16-10/h5-7H,3-4H2,1-2H3,(H2,14,17). The van der Waals surface area contributed by atoms with Crippen molar-refractivity contribution in [2.75, 3.05) is 5.73 Å². The molecule has 0 aliphatic carbocycles. The van der Waals surface area contributed by atoms with Gasteiger partial charge in [-0.25, -0.2) is 15.0 Å². The van der Waals surface area contributed by atoms with Gasteiger partial charge in [0.2, 0.25) is 5.95 Å². The molecule has 6 heteroatoms. The highest BCUT2D eigenvalue weighted by Gasteiger charge is 2.10. The van der Waals surface area contributed by atoms with Gasteiger partial charge in [0, 0.05) is 24.5 Å². The minimum atomic E-state index is 0.514. The molecule has 0 aliphatic rings. The van der Waals surface area contributed by atoms with Crippen LogP contribution in [0.15, 0.2) is 17.6 Å². The lowest BCUT2D eigenvalue weighted by molar-refractivity contribution is 0.709. The number of aromatic nitrogens is 4. The summed E-state index contributed by atoms with van der Waals surface area (Å²) in [5, 5.41) is 3.18. The summed E-state index contributed by atoms with van der Waals surface area (Å²) in [6.07, 6.45) is 2.68. The molecule has 0 saturated heterocycles. The van der Waals surface area contributed by atoms with Gasteiger partial charge in [0.15, 0.2) is 5.65 Å². The summed E-state index contributed by atoms with van der Waals surface area (Å²) in [5.74, 6) is 0.514. The van der Waals surface area contributed by atoms with Gasteiger partial charge in [0.1, 0.15) is 5.52 Å². The minimum absolute atomic E-state index is 0.514. The summed E-state index contributed by atoms with van der Waals surface area (Å²) < 4.78 is 1.95. The first kappa shape index (κ1) is 12.1. The first-order chi connectivity index (χ1) is 9.13. The third kappa shape index (κ3) is 2.31. The number of aryl methyl sites for hydroxylation is 4. The molecule has 0 spiro atoms. The number of fused-ring (bicyclic) bond motifs is 1. The number of imidazole rings is 1. The molecule has 0 atom stereocenters. The first-order valence-corrected chi connectivity index (χ1v) is 7.01. The molecule has 3 aromatic heterocycles. The lowest BCUT2D eigenvalue weighted by Gasteiger charge is -2.04. The number of anilines is 1. The van der Waals surface area contributed by atoms with E-state index < -0.39 is 0 Å². The molecule has 98 valence electrons. The maximum atomic E-state index is 5.97. The molecule has 0 bridgehead atoms. The zero-order valence-electron chi connectivity index (χ0n) is 10.9. The fraction of sp³-hybridized carbons (Fsp3) is 0.308. The number of rotatable bonds is 3. The molecule has 3 aromatic rings. The molecule has 5 nitrogen and oxygen atoms in total. The van der Waals surface area contributed by atoms with Gasteiger partial charge in [0.25, 0.3) is 0 Å². The van der Waals surface area contributed by atoms with Crippen LogP contribution in [0, 0.1) is 13.8 Å². The van der Waals surface area contributed by atoms with Gasteiger partial charge in [-0.1, -0.05) is 0 Å². The summed E-state index contributed by atoms with van der Waals surface area (Å²) in [6.45, 7) is 4.76. The zero-order valence-corrected chi connectivity index (χ0v) is 11.7. The van der Waals surface area contributed by atoms with E-state index in [0.29, 0.717) is 5.95 Å². The third-order valence-electron chi connectivity index (χ3n) is 3.01. The first-order valence-electron chi connectivity index (χ1n) is 6.13. The van der Waals surface area contributed by atoms with Gasteiger partial charge in [0.05, 0.1) is 10.7 Å². The topological polar surface area (TPSA) is 69.6 Å². The van der Waals surface area contributed by atoms with E-state index in [-0.39, 0.29) is 0 Å². The van der Waals surface area contributed by atoms with Gasteiger partial charge >= 0.3 is 0 Å². The molecule has 0 saturated carbocycles. The maximum Gasteiger partial charge on any atom is 0.202 e. The van der Waals surface area contributed by atoms with Crippen molar-refractivity contribution < 1.29 is 0 Å². The highest BCUT2D eigenvalue weighted by molar-refractivity contribution is 7.09. The summed E-state index contributed by atoms with van der Waals surface area (Å²) in [5.41, 5.74) is 9.85. The van der Waals surface area contributed by atoms with Gasteiger partial charge in [-0.15, -0.1) is 11.3 Å².